The lowest BCUT2D eigenvalue weighted by Gasteiger charge is -2.38. The molecule has 1 amide bonds. The van der Waals surface area contributed by atoms with Gasteiger partial charge in [-0.05, 0) is 47.7 Å². The molecule has 4 rings (SSSR count). The molecule has 2 aromatic carbocycles. The summed E-state index contributed by atoms with van der Waals surface area (Å²) in [6.07, 6.45) is 2.15. The van der Waals surface area contributed by atoms with Gasteiger partial charge in [0, 0.05) is 10.7 Å². The van der Waals surface area contributed by atoms with Crippen LogP contribution in [0.3, 0.4) is 0 Å². The molecule has 5 heteroatoms. The van der Waals surface area contributed by atoms with Crippen LogP contribution in [0.4, 0.5) is 5.69 Å². The number of ether oxygens (including phenoxy) is 1. The van der Waals surface area contributed by atoms with Gasteiger partial charge in [0.25, 0.3) is 0 Å². The summed E-state index contributed by atoms with van der Waals surface area (Å²) in [7, 11) is 0. The number of amides is 1. The molecule has 2 bridgehead atoms. The Labute approximate surface area is 176 Å². The minimum atomic E-state index is -0.562. The van der Waals surface area contributed by atoms with Crippen LogP contribution in [0.1, 0.15) is 26.3 Å². The van der Waals surface area contributed by atoms with Gasteiger partial charge in [0.05, 0.1) is 24.5 Å². The lowest BCUT2D eigenvalue weighted by molar-refractivity contribution is -0.152. The van der Waals surface area contributed by atoms with E-state index in [0.29, 0.717) is 5.02 Å². The number of rotatable bonds is 4. The largest absolute Gasteiger partial charge is 0.466 e. The first-order valence-corrected chi connectivity index (χ1v) is 10.3. The van der Waals surface area contributed by atoms with Gasteiger partial charge in [0.2, 0.25) is 5.91 Å². The molecule has 4 nitrogen and oxygen atoms in total. The number of anilines is 1. The smallest absolute Gasteiger partial charge is 0.312 e. The zero-order chi connectivity index (χ0) is 20.8. The Hall–Kier alpha value is -2.59. The van der Waals surface area contributed by atoms with Crippen molar-refractivity contribution in [3.05, 3.63) is 71.3 Å². The van der Waals surface area contributed by atoms with Gasteiger partial charge in [-0.1, -0.05) is 61.9 Å². The predicted molar refractivity (Wildman–Crippen MR) is 115 cm³/mol. The van der Waals surface area contributed by atoms with Gasteiger partial charge in [-0.3, -0.25) is 9.59 Å². The molecule has 0 N–H and O–H groups in total. The average molecular weight is 410 g/mol. The fraction of sp³-hybridized carbons (Fsp3) is 0.333. The van der Waals surface area contributed by atoms with E-state index in [-0.39, 0.29) is 18.5 Å². The number of nitrogens with zero attached hydrogens (tertiary/aromatic N) is 1. The van der Waals surface area contributed by atoms with E-state index in [0.717, 1.165) is 16.8 Å². The first-order valence-electron chi connectivity index (χ1n) is 9.88. The molecule has 1 saturated heterocycles. The van der Waals surface area contributed by atoms with Crippen LogP contribution < -0.4 is 4.90 Å². The third-order valence-electron chi connectivity index (χ3n) is 5.90. The zero-order valence-electron chi connectivity index (χ0n) is 16.8. The van der Waals surface area contributed by atoms with Crippen LogP contribution in [0.15, 0.2) is 60.7 Å². The molecule has 0 radical (unpaired) electrons. The summed E-state index contributed by atoms with van der Waals surface area (Å²) in [5, 5.41) is 0.601. The van der Waals surface area contributed by atoms with Gasteiger partial charge in [-0.2, -0.15) is 0 Å². The molecule has 0 saturated carbocycles. The lowest BCUT2D eigenvalue weighted by Crippen LogP contribution is -2.43. The normalized spacial score (nSPS) is 25.0. The summed E-state index contributed by atoms with van der Waals surface area (Å²) < 4.78 is 5.43. The van der Waals surface area contributed by atoms with Crippen LogP contribution >= 0.6 is 11.6 Å². The quantitative estimate of drug-likeness (QED) is 0.669. The van der Waals surface area contributed by atoms with E-state index in [1.807, 2.05) is 56.3 Å². The Morgan fingerprint density at radius 3 is 2.38 bits per heavy atom. The highest BCUT2D eigenvalue weighted by Crippen LogP contribution is 2.54. The van der Waals surface area contributed by atoms with Crippen molar-refractivity contribution in [2.75, 3.05) is 11.5 Å². The number of carbonyl (C=O) groups is 2. The average Bonchev–Trinajstić information content (AvgIpc) is 2.97. The van der Waals surface area contributed by atoms with Gasteiger partial charge >= 0.3 is 5.97 Å². The van der Waals surface area contributed by atoms with Gasteiger partial charge in [0.15, 0.2) is 0 Å². The summed E-state index contributed by atoms with van der Waals surface area (Å²) in [4.78, 5) is 28.4. The highest BCUT2D eigenvalue weighted by molar-refractivity contribution is 6.30. The number of hydrogen-bond acceptors (Lipinski definition) is 3. The monoisotopic (exact) mass is 409 g/mol. The highest BCUT2D eigenvalue weighted by atomic mass is 35.5. The number of halogens is 1. The van der Waals surface area contributed by atoms with Crippen LogP contribution in [0.25, 0.3) is 5.57 Å². The standard InChI is InChI=1S/C24H24ClNO3/c1-4-29-23(28)19-20-22(27)26(17-12-10-16(25)11-13-17)21(19)18(14-24(20,2)3)15-8-6-5-7-9-15/h5-14,19-21H,4H2,1-3H3. The summed E-state index contributed by atoms with van der Waals surface area (Å²) in [6.45, 7) is 6.12. The van der Waals surface area contributed by atoms with Crippen molar-refractivity contribution in [2.45, 2.75) is 26.8 Å². The lowest BCUT2D eigenvalue weighted by atomic mass is 9.65. The Morgan fingerprint density at radius 2 is 1.76 bits per heavy atom. The molecular weight excluding hydrogens is 386 g/mol. The van der Waals surface area contributed by atoms with Gasteiger partial charge in [-0.25, -0.2) is 0 Å². The van der Waals surface area contributed by atoms with Crippen LogP contribution in [0.2, 0.25) is 5.02 Å². The van der Waals surface area contributed by atoms with E-state index in [1.165, 1.54) is 0 Å². The number of allylic oxidation sites excluding steroid dienone is 1. The molecule has 1 fully saturated rings. The number of carbonyl (C=O) groups excluding carboxylic acids is 2. The van der Waals surface area contributed by atoms with Gasteiger partial charge < -0.3 is 9.64 Å². The molecule has 1 heterocycles. The first kappa shape index (κ1) is 19.7. The second kappa shape index (κ2) is 7.34. The molecule has 0 aromatic heterocycles. The van der Waals surface area contributed by atoms with E-state index < -0.39 is 23.3 Å². The Balaban J connectivity index is 1.91. The van der Waals surface area contributed by atoms with Gasteiger partial charge in [0.1, 0.15) is 0 Å². The molecule has 1 aliphatic carbocycles. The predicted octanol–water partition coefficient (Wildman–Crippen LogP) is 4.97. The topological polar surface area (TPSA) is 46.6 Å². The molecule has 2 aromatic rings. The number of hydrogen-bond donors (Lipinski definition) is 0. The maximum Gasteiger partial charge on any atom is 0.312 e. The minimum Gasteiger partial charge on any atom is -0.466 e. The molecule has 2 aliphatic rings. The summed E-state index contributed by atoms with van der Waals surface area (Å²) in [5.41, 5.74) is 2.23. The van der Waals surface area contributed by atoms with Crippen molar-refractivity contribution in [3.8, 4) is 0 Å². The van der Waals surface area contributed by atoms with Crippen molar-refractivity contribution in [2.24, 2.45) is 17.3 Å². The van der Waals surface area contributed by atoms with Crippen LogP contribution in [-0.4, -0.2) is 24.5 Å². The van der Waals surface area contributed by atoms with Crippen LogP contribution in [0, 0.1) is 17.3 Å². The second-order valence-corrected chi connectivity index (χ2v) is 8.61. The first-order chi connectivity index (χ1) is 13.8. The molecule has 1 aliphatic heterocycles. The highest BCUT2D eigenvalue weighted by Gasteiger charge is 2.61. The summed E-state index contributed by atoms with van der Waals surface area (Å²) in [5.74, 6) is -1.41. The van der Waals surface area contributed by atoms with E-state index in [1.54, 1.807) is 24.0 Å². The number of fused-ring (bicyclic) bond motifs is 2. The second-order valence-electron chi connectivity index (χ2n) is 8.17. The minimum absolute atomic E-state index is 0.0532. The van der Waals surface area contributed by atoms with E-state index in [4.69, 9.17) is 16.3 Å². The summed E-state index contributed by atoms with van der Waals surface area (Å²) in [6, 6.07) is 16.7. The van der Waals surface area contributed by atoms with Crippen molar-refractivity contribution < 1.29 is 14.3 Å². The van der Waals surface area contributed by atoms with E-state index in [2.05, 4.69) is 6.08 Å². The Kier molecular flexibility index (Phi) is 4.99. The fourth-order valence-corrected chi connectivity index (χ4v) is 4.88. The third-order valence-corrected chi connectivity index (χ3v) is 6.15. The molecule has 0 spiro atoms. The van der Waals surface area contributed by atoms with Crippen molar-refractivity contribution in [3.63, 3.8) is 0 Å². The Morgan fingerprint density at radius 1 is 1.10 bits per heavy atom. The van der Waals surface area contributed by atoms with E-state index in [9.17, 15) is 9.59 Å². The molecule has 3 unspecified atom stereocenters. The number of benzene rings is 2. The van der Waals surface area contributed by atoms with E-state index >= 15 is 0 Å². The zero-order valence-corrected chi connectivity index (χ0v) is 17.5. The van der Waals surface area contributed by atoms with Crippen molar-refractivity contribution >= 4 is 34.7 Å². The number of esters is 1. The maximum absolute atomic E-state index is 13.6. The maximum atomic E-state index is 13.6. The fourth-order valence-electron chi connectivity index (χ4n) is 4.75. The van der Waals surface area contributed by atoms with Crippen LogP contribution in [-0.2, 0) is 14.3 Å². The molecule has 150 valence electrons. The SMILES string of the molecule is CCOC(=O)C1C2C(c3ccccc3)=CC(C)(C)C1C(=O)N2c1ccc(Cl)cc1. The summed E-state index contributed by atoms with van der Waals surface area (Å²) >= 11 is 6.07. The molecule has 3 atom stereocenters. The third kappa shape index (κ3) is 3.25. The molecular formula is C24H24ClNO3. The van der Waals surface area contributed by atoms with Crippen molar-refractivity contribution in [1.29, 1.82) is 0 Å². The van der Waals surface area contributed by atoms with Crippen molar-refractivity contribution in [1.82, 2.24) is 0 Å². The van der Waals surface area contributed by atoms with Crippen LogP contribution in [0.5, 0.6) is 0 Å². The Bertz CT molecular complexity index is 965. The molecule has 29 heavy (non-hydrogen) atoms. The van der Waals surface area contributed by atoms with Gasteiger partial charge in [-0.15, -0.1) is 0 Å².